The number of halogens is 6. The fraction of sp³-hybridized carbons (Fsp3) is 1.00. The Morgan fingerprint density at radius 3 is 1.76 bits per heavy atom. The number of alkyl halides is 5. The molecule has 0 bridgehead atoms. The number of quaternary nitrogens is 1. The summed E-state index contributed by atoms with van der Waals surface area (Å²) in [7, 11) is -8.92. The minimum atomic E-state index is -6.75. The van der Waals surface area contributed by atoms with Gasteiger partial charge in [0.25, 0.3) is 0 Å². The Morgan fingerprint density at radius 1 is 1.00 bits per heavy atom. The van der Waals surface area contributed by atoms with E-state index < -0.39 is 36.0 Å². The average molecular weight is 425 g/mol. The van der Waals surface area contributed by atoms with Crippen LogP contribution in [0.1, 0.15) is 19.3 Å². The summed E-state index contributed by atoms with van der Waals surface area (Å²) < 4.78 is 115. The van der Waals surface area contributed by atoms with Crippen LogP contribution in [0.2, 0.25) is 0 Å². The van der Waals surface area contributed by atoms with Crippen LogP contribution in [0.15, 0.2) is 0 Å². The van der Waals surface area contributed by atoms with Gasteiger partial charge in [-0.05, 0) is 19.3 Å². The number of ether oxygens (including phenoxy) is 1. The van der Waals surface area contributed by atoms with E-state index in [1.165, 1.54) is 32.4 Å². The first kappa shape index (κ1) is 24.4. The zero-order chi connectivity index (χ0) is 20.2. The number of sulfonamides is 1. The maximum absolute atomic E-state index is 12.0. The highest BCUT2D eigenvalue weighted by atomic mass is 32.3. The van der Waals surface area contributed by atoms with Gasteiger partial charge in [0.05, 0.1) is 20.1 Å². The molecular weight excluding hydrogens is 406 g/mol. The zero-order valence-corrected chi connectivity index (χ0v) is 14.9. The van der Waals surface area contributed by atoms with E-state index in [1.54, 1.807) is 7.11 Å². The van der Waals surface area contributed by atoms with Crippen molar-refractivity contribution in [1.29, 1.82) is 0 Å². The minimum Gasteiger partial charge on any atom is -0.335 e. The fourth-order valence-electron chi connectivity index (χ4n) is 2.05. The monoisotopic (exact) mass is 425 g/mol. The molecule has 1 fully saturated rings. The van der Waals surface area contributed by atoms with Gasteiger partial charge in [-0.15, -0.1) is 0 Å². The standard InChI is InChI=1S/C8H18NO.C2HF6NO4S2/c1-9(8-10-2)6-4-3-5-7-9;3-1(4,5)2(6,7)14(10,11)9-15(8,12)13/h3-8H2,1-2H3;9H/q+1;. The average Bonchev–Trinajstić information content (AvgIpc) is 2.35. The van der Waals surface area contributed by atoms with Gasteiger partial charge in [0.15, 0.2) is 6.73 Å². The normalized spacial score (nSPS) is 19.0. The second-order valence-electron chi connectivity index (χ2n) is 5.58. The Balaban J connectivity index is 0.000000496. The van der Waals surface area contributed by atoms with Crippen molar-refractivity contribution < 1.29 is 51.9 Å². The summed E-state index contributed by atoms with van der Waals surface area (Å²) >= 11 is 0. The molecule has 1 N–H and O–H groups in total. The molecule has 0 saturated carbocycles. The van der Waals surface area contributed by atoms with Crippen LogP contribution in [0.4, 0.5) is 25.8 Å². The molecular formula is C10H19F6N2O5S2+. The molecule has 0 spiro atoms. The second-order valence-corrected chi connectivity index (χ2v) is 8.65. The number of hydrogen-bond acceptors (Lipinski definition) is 5. The van der Waals surface area contributed by atoms with Crippen LogP contribution in [0.25, 0.3) is 0 Å². The highest BCUT2D eigenvalue weighted by molar-refractivity contribution is 8.03. The molecule has 0 radical (unpaired) electrons. The lowest BCUT2D eigenvalue weighted by molar-refractivity contribution is -0.931. The number of methoxy groups -OCH3 is 1. The number of hydrogen-bond donors (Lipinski definition) is 1. The topological polar surface area (TPSA) is 89.5 Å². The Kier molecular flexibility index (Phi) is 8.15. The quantitative estimate of drug-likeness (QED) is 0.410. The molecule has 0 aromatic carbocycles. The summed E-state index contributed by atoms with van der Waals surface area (Å²) in [5.41, 5.74) is 0. The van der Waals surface area contributed by atoms with Crippen molar-refractivity contribution in [2.75, 3.05) is 34.0 Å². The van der Waals surface area contributed by atoms with Crippen LogP contribution in [-0.2, 0) is 25.2 Å². The number of likely N-dealkylation sites (tertiary alicyclic amines) is 1. The number of rotatable bonds is 5. The van der Waals surface area contributed by atoms with E-state index in [2.05, 4.69) is 7.05 Å². The molecule has 152 valence electrons. The Morgan fingerprint density at radius 2 is 1.44 bits per heavy atom. The molecule has 0 amide bonds. The van der Waals surface area contributed by atoms with Crippen molar-refractivity contribution in [1.82, 2.24) is 4.13 Å². The van der Waals surface area contributed by atoms with E-state index in [0.717, 1.165) is 11.2 Å². The van der Waals surface area contributed by atoms with Gasteiger partial charge in [0.1, 0.15) is 0 Å². The lowest BCUT2D eigenvalue weighted by atomic mass is 10.1. The van der Waals surface area contributed by atoms with Gasteiger partial charge in [-0.3, -0.25) is 0 Å². The van der Waals surface area contributed by atoms with Gasteiger partial charge in [0.2, 0.25) is 0 Å². The van der Waals surface area contributed by atoms with Crippen molar-refractivity contribution >= 4 is 20.4 Å². The smallest absolute Gasteiger partial charge is 0.335 e. The third kappa shape index (κ3) is 7.64. The zero-order valence-electron chi connectivity index (χ0n) is 13.3. The first-order valence-corrected chi connectivity index (χ1v) is 9.59. The third-order valence-corrected chi connectivity index (χ3v) is 5.79. The molecule has 15 heteroatoms. The molecule has 1 aliphatic rings. The first-order chi connectivity index (χ1) is 11.0. The molecule has 0 aliphatic carbocycles. The number of piperidine rings is 1. The fourth-order valence-corrected chi connectivity index (χ4v) is 3.82. The molecule has 0 unspecified atom stereocenters. The molecule has 1 rings (SSSR count). The number of nitrogens with zero attached hydrogens (tertiary/aromatic N) is 1. The highest BCUT2D eigenvalue weighted by Crippen LogP contribution is 2.39. The van der Waals surface area contributed by atoms with E-state index in [1.807, 2.05) is 0 Å². The van der Waals surface area contributed by atoms with E-state index >= 15 is 0 Å². The largest absolute Gasteiger partial charge is 0.471 e. The summed E-state index contributed by atoms with van der Waals surface area (Å²) in [5.74, 6) is 0. The van der Waals surface area contributed by atoms with Crippen LogP contribution in [0.3, 0.4) is 0 Å². The van der Waals surface area contributed by atoms with Crippen molar-refractivity contribution in [3.63, 3.8) is 0 Å². The van der Waals surface area contributed by atoms with E-state index in [-0.39, 0.29) is 0 Å². The van der Waals surface area contributed by atoms with Gasteiger partial charge < -0.3 is 9.22 Å². The minimum absolute atomic E-state index is 0.450. The van der Waals surface area contributed by atoms with Gasteiger partial charge in [-0.1, -0.05) is 8.01 Å². The highest BCUT2D eigenvalue weighted by Gasteiger charge is 2.68. The molecule has 1 saturated heterocycles. The van der Waals surface area contributed by atoms with E-state index in [4.69, 9.17) is 4.74 Å². The van der Waals surface area contributed by atoms with Crippen LogP contribution in [-0.4, -0.2) is 66.7 Å². The summed E-state index contributed by atoms with van der Waals surface area (Å²) in [5, 5.41) is -6.42. The van der Waals surface area contributed by atoms with Crippen LogP contribution in [0.5, 0.6) is 0 Å². The summed E-state index contributed by atoms with van der Waals surface area (Å²) in [4.78, 5) is 0. The SMILES string of the molecule is COC[N+]1(C)CCCCC1.O=S(=O)(F)NS(=O)(=O)C(F)(F)C(F)(F)F. The summed E-state index contributed by atoms with van der Waals surface area (Å²) in [6.45, 7) is 3.49. The van der Waals surface area contributed by atoms with Gasteiger partial charge >= 0.3 is 31.9 Å². The van der Waals surface area contributed by atoms with Gasteiger partial charge in [0, 0.05) is 7.11 Å². The molecule has 1 aliphatic heterocycles. The molecule has 0 aromatic heterocycles. The predicted octanol–water partition coefficient (Wildman–Crippen LogP) is 1.50. The van der Waals surface area contributed by atoms with Crippen LogP contribution >= 0.6 is 0 Å². The second kappa shape index (κ2) is 8.37. The van der Waals surface area contributed by atoms with Crippen molar-refractivity contribution in [3.8, 4) is 0 Å². The van der Waals surface area contributed by atoms with Crippen LogP contribution < -0.4 is 4.13 Å². The van der Waals surface area contributed by atoms with Crippen molar-refractivity contribution in [3.05, 3.63) is 0 Å². The molecule has 25 heavy (non-hydrogen) atoms. The number of nitrogens with one attached hydrogen (secondary N) is 1. The van der Waals surface area contributed by atoms with Gasteiger partial charge in [-0.25, -0.2) is 8.42 Å². The van der Waals surface area contributed by atoms with Gasteiger partial charge in [-0.2, -0.15) is 30.4 Å². The van der Waals surface area contributed by atoms with E-state index in [9.17, 15) is 42.7 Å². The van der Waals surface area contributed by atoms with Crippen molar-refractivity contribution in [2.24, 2.45) is 0 Å². The molecule has 1 heterocycles. The molecule has 0 aromatic rings. The lowest BCUT2D eigenvalue weighted by Crippen LogP contribution is -2.50. The third-order valence-electron chi connectivity index (χ3n) is 3.21. The van der Waals surface area contributed by atoms with Crippen LogP contribution in [0, 0.1) is 0 Å². The Labute approximate surface area is 141 Å². The predicted molar refractivity (Wildman–Crippen MR) is 74.7 cm³/mol. The summed E-state index contributed by atoms with van der Waals surface area (Å²) in [6, 6.07) is 0. The Bertz CT molecular complexity index is 623. The maximum atomic E-state index is 12.0. The Hall–Kier alpha value is -0.640. The first-order valence-electron chi connectivity index (χ1n) is 6.72. The molecule has 0 atom stereocenters. The maximum Gasteiger partial charge on any atom is 0.471 e. The van der Waals surface area contributed by atoms with Crippen molar-refractivity contribution in [2.45, 2.75) is 30.7 Å². The summed E-state index contributed by atoms with van der Waals surface area (Å²) in [6.07, 6.45) is -2.40. The lowest BCUT2D eigenvalue weighted by Gasteiger charge is -2.36. The van der Waals surface area contributed by atoms with E-state index in [0.29, 0.717) is 0 Å². The molecule has 7 nitrogen and oxygen atoms in total.